The summed E-state index contributed by atoms with van der Waals surface area (Å²) in [5.41, 5.74) is 4.34. The summed E-state index contributed by atoms with van der Waals surface area (Å²) in [5, 5.41) is 4.09. The smallest absolute Gasteiger partial charge is 0.133 e. The van der Waals surface area contributed by atoms with E-state index in [-0.39, 0.29) is 0 Å². The lowest BCUT2D eigenvalue weighted by molar-refractivity contribution is 0.706. The van der Waals surface area contributed by atoms with Crippen LogP contribution in [0.1, 0.15) is 35.3 Å². The molecule has 0 aliphatic carbocycles. The van der Waals surface area contributed by atoms with Crippen LogP contribution >= 0.6 is 11.6 Å². The molecule has 0 unspecified atom stereocenters. The molecule has 2 rings (SSSR count). The van der Waals surface area contributed by atoms with Gasteiger partial charge in [0.1, 0.15) is 5.82 Å². The van der Waals surface area contributed by atoms with Crippen LogP contribution in [-0.4, -0.2) is 16.5 Å². The van der Waals surface area contributed by atoms with E-state index in [1.54, 1.807) is 0 Å². The van der Waals surface area contributed by atoms with Crippen LogP contribution in [0, 0.1) is 13.8 Å². The SMILES string of the molecule is CCNCc1c(C)nc(Cc2ccccc2Cl)nc1C. The van der Waals surface area contributed by atoms with Gasteiger partial charge in [0.25, 0.3) is 0 Å². The van der Waals surface area contributed by atoms with Gasteiger partial charge in [0.2, 0.25) is 0 Å². The molecule has 0 aliphatic heterocycles. The second-order valence-corrected chi connectivity index (χ2v) is 5.24. The molecular weight excluding hydrogens is 270 g/mol. The summed E-state index contributed by atoms with van der Waals surface area (Å²) in [7, 11) is 0. The van der Waals surface area contributed by atoms with Crippen molar-refractivity contribution in [2.45, 2.75) is 33.7 Å². The Bertz CT molecular complexity index is 573. The van der Waals surface area contributed by atoms with Gasteiger partial charge in [-0.05, 0) is 32.0 Å². The molecule has 1 heterocycles. The minimum absolute atomic E-state index is 0.669. The number of nitrogens with zero attached hydrogens (tertiary/aromatic N) is 2. The van der Waals surface area contributed by atoms with Crippen molar-refractivity contribution in [1.82, 2.24) is 15.3 Å². The van der Waals surface area contributed by atoms with Crippen LogP contribution < -0.4 is 5.32 Å². The number of benzene rings is 1. The highest BCUT2D eigenvalue weighted by molar-refractivity contribution is 6.31. The number of hydrogen-bond donors (Lipinski definition) is 1. The topological polar surface area (TPSA) is 37.8 Å². The van der Waals surface area contributed by atoms with E-state index in [2.05, 4.69) is 22.2 Å². The Balaban J connectivity index is 2.24. The molecule has 106 valence electrons. The van der Waals surface area contributed by atoms with Crippen molar-refractivity contribution < 1.29 is 0 Å². The molecule has 0 radical (unpaired) electrons. The van der Waals surface area contributed by atoms with E-state index in [0.717, 1.165) is 40.9 Å². The standard InChI is InChI=1S/C16H20ClN3/c1-4-18-10-14-11(2)19-16(20-12(14)3)9-13-7-5-6-8-15(13)17/h5-8,18H,4,9-10H2,1-3H3. The molecule has 0 saturated heterocycles. The molecule has 20 heavy (non-hydrogen) atoms. The Morgan fingerprint density at radius 2 is 1.75 bits per heavy atom. The number of halogens is 1. The maximum Gasteiger partial charge on any atom is 0.133 e. The summed E-state index contributed by atoms with van der Waals surface area (Å²) in [6.07, 6.45) is 0.669. The lowest BCUT2D eigenvalue weighted by Crippen LogP contribution is -2.16. The second-order valence-electron chi connectivity index (χ2n) is 4.84. The molecule has 1 N–H and O–H groups in total. The van der Waals surface area contributed by atoms with E-state index >= 15 is 0 Å². The molecule has 4 heteroatoms. The minimum Gasteiger partial charge on any atom is -0.313 e. The summed E-state index contributed by atoms with van der Waals surface area (Å²) in [4.78, 5) is 9.23. The molecule has 2 aromatic rings. The Kier molecular flexibility index (Phi) is 5.10. The second kappa shape index (κ2) is 6.82. The molecule has 1 aromatic heterocycles. The Morgan fingerprint density at radius 1 is 1.10 bits per heavy atom. The van der Waals surface area contributed by atoms with Crippen LogP contribution in [0.5, 0.6) is 0 Å². The fraction of sp³-hybridized carbons (Fsp3) is 0.375. The predicted molar refractivity (Wildman–Crippen MR) is 83.1 cm³/mol. The monoisotopic (exact) mass is 289 g/mol. The van der Waals surface area contributed by atoms with E-state index in [1.165, 1.54) is 5.56 Å². The zero-order chi connectivity index (χ0) is 14.5. The number of nitrogens with one attached hydrogen (secondary N) is 1. The number of aromatic nitrogens is 2. The van der Waals surface area contributed by atoms with E-state index in [4.69, 9.17) is 11.6 Å². The number of aryl methyl sites for hydroxylation is 2. The van der Waals surface area contributed by atoms with Crippen LogP contribution in [0.15, 0.2) is 24.3 Å². The normalized spacial score (nSPS) is 10.8. The zero-order valence-electron chi connectivity index (χ0n) is 12.2. The van der Waals surface area contributed by atoms with Gasteiger partial charge in [-0.15, -0.1) is 0 Å². The fourth-order valence-corrected chi connectivity index (χ4v) is 2.41. The van der Waals surface area contributed by atoms with Gasteiger partial charge < -0.3 is 5.32 Å². The van der Waals surface area contributed by atoms with Crippen molar-refractivity contribution in [1.29, 1.82) is 0 Å². The maximum absolute atomic E-state index is 6.19. The Hall–Kier alpha value is -1.45. The molecule has 1 aromatic carbocycles. The van der Waals surface area contributed by atoms with Gasteiger partial charge in [-0.3, -0.25) is 0 Å². The molecule has 0 atom stereocenters. The van der Waals surface area contributed by atoms with Crippen LogP contribution in [-0.2, 0) is 13.0 Å². The van der Waals surface area contributed by atoms with E-state index in [1.807, 2.05) is 38.1 Å². The average molecular weight is 290 g/mol. The summed E-state index contributed by atoms with van der Waals surface area (Å²) < 4.78 is 0. The van der Waals surface area contributed by atoms with E-state index in [0.29, 0.717) is 6.42 Å². The minimum atomic E-state index is 0.669. The first kappa shape index (κ1) is 14.9. The van der Waals surface area contributed by atoms with Gasteiger partial charge in [0.15, 0.2) is 0 Å². The van der Waals surface area contributed by atoms with Crippen molar-refractivity contribution in [2.75, 3.05) is 6.54 Å². The Morgan fingerprint density at radius 3 is 2.35 bits per heavy atom. The molecule has 0 fully saturated rings. The maximum atomic E-state index is 6.19. The number of rotatable bonds is 5. The zero-order valence-corrected chi connectivity index (χ0v) is 13.0. The third-order valence-corrected chi connectivity index (χ3v) is 3.69. The van der Waals surface area contributed by atoms with E-state index < -0.39 is 0 Å². The van der Waals surface area contributed by atoms with Crippen molar-refractivity contribution in [2.24, 2.45) is 0 Å². The summed E-state index contributed by atoms with van der Waals surface area (Å²) in [6, 6.07) is 7.84. The molecule has 0 saturated carbocycles. The third-order valence-electron chi connectivity index (χ3n) is 3.33. The van der Waals surface area contributed by atoms with Gasteiger partial charge in [0, 0.05) is 34.9 Å². The van der Waals surface area contributed by atoms with Gasteiger partial charge in [-0.25, -0.2) is 9.97 Å². The van der Waals surface area contributed by atoms with Crippen LogP contribution in [0.2, 0.25) is 5.02 Å². The van der Waals surface area contributed by atoms with Crippen molar-refractivity contribution in [3.05, 3.63) is 57.6 Å². The van der Waals surface area contributed by atoms with Gasteiger partial charge in [0.05, 0.1) is 0 Å². The fourth-order valence-electron chi connectivity index (χ4n) is 2.21. The quantitative estimate of drug-likeness (QED) is 0.916. The highest BCUT2D eigenvalue weighted by Gasteiger charge is 2.09. The summed E-state index contributed by atoms with van der Waals surface area (Å²) >= 11 is 6.19. The number of hydrogen-bond acceptors (Lipinski definition) is 3. The summed E-state index contributed by atoms with van der Waals surface area (Å²) in [5.74, 6) is 0.827. The first-order chi connectivity index (χ1) is 9.61. The van der Waals surface area contributed by atoms with Crippen LogP contribution in [0.4, 0.5) is 0 Å². The lowest BCUT2D eigenvalue weighted by Gasteiger charge is -2.11. The first-order valence-electron chi connectivity index (χ1n) is 6.89. The molecule has 0 spiro atoms. The summed E-state index contributed by atoms with van der Waals surface area (Å²) in [6.45, 7) is 7.94. The molecular formula is C16H20ClN3. The molecule has 0 amide bonds. The van der Waals surface area contributed by atoms with Crippen LogP contribution in [0.3, 0.4) is 0 Å². The van der Waals surface area contributed by atoms with Gasteiger partial charge in [-0.2, -0.15) is 0 Å². The van der Waals surface area contributed by atoms with Gasteiger partial charge in [-0.1, -0.05) is 36.7 Å². The largest absolute Gasteiger partial charge is 0.313 e. The highest BCUT2D eigenvalue weighted by Crippen LogP contribution is 2.18. The predicted octanol–water partition coefficient (Wildman–Crippen LogP) is 3.45. The lowest BCUT2D eigenvalue weighted by atomic mass is 10.1. The molecule has 3 nitrogen and oxygen atoms in total. The van der Waals surface area contributed by atoms with E-state index in [9.17, 15) is 0 Å². The molecule has 0 aliphatic rings. The van der Waals surface area contributed by atoms with Gasteiger partial charge >= 0.3 is 0 Å². The van der Waals surface area contributed by atoms with Crippen molar-refractivity contribution >= 4 is 11.6 Å². The first-order valence-corrected chi connectivity index (χ1v) is 7.26. The third kappa shape index (κ3) is 3.56. The molecule has 0 bridgehead atoms. The average Bonchev–Trinajstić information content (AvgIpc) is 2.41. The Labute approximate surface area is 125 Å². The van der Waals surface area contributed by atoms with Crippen molar-refractivity contribution in [3.63, 3.8) is 0 Å². The van der Waals surface area contributed by atoms with Crippen molar-refractivity contribution in [3.8, 4) is 0 Å². The van der Waals surface area contributed by atoms with Crippen LogP contribution in [0.25, 0.3) is 0 Å². The highest BCUT2D eigenvalue weighted by atomic mass is 35.5.